The van der Waals surface area contributed by atoms with Crippen molar-refractivity contribution in [2.45, 2.75) is 18.9 Å². The standard InChI is InChI=1S/C24H29FN4O3/c1-28-10-4-5-17-15-18(8-9-21(17)28)22(29-11-13-32-14-12-29)16-26-23(30)24(31)27-20-7-3-2-6-19(20)25/h2-3,6-9,15,22H,4-5,10-14,16H2,1H3,(H,26,30)(H,27,31)/t22-/m0/s1. The first-order valence-corrected chi connectivity index (χ1v) is 11.0. The maximum Gasteiger partial charge on any atom is 0.313 e. The van der Waals surface area contributed by atoms with Crippen molar-refractivity contribution in [2.24, 2.45) is 0 Å². The second-order valence-corrected chi connectivity index (χ2v) is 8.22. The summed E-state index contributed by atoms with van der Waals surface area (Å²) in [5, 5.41) is 5.07. The quantitative estimate of drug-likeness (QED) is 0.699. The van der Waals surface area contributed by atoms with E-state index in [0.717, 1.165) is 38.0 Å². The number of para-hydroxylation sites is 1. The number of fused-ring (bicyclic) bond motifs is 1. The molecule has 0 aliphatic carbocycles. The van der Waals surface area contributed by atoms with Crippen LogP contribution in [0.3, 0.4) is 0 Å². The minimum Gasteiger partial charge on any atom is -0.379 e. The molecular weight excluding hydrogens is 411 g/mol. The zero-order valence-electron chi connectivity index (χ0n) is 18.3. The Labute approximate surface area is 187 Å². The van der Waals surface area contributed by atoms with Crippen LogP contribution in [0.5, 0.6) is 0 Å². The third-order valence-corrected chi connectivity index (χ3v) is 6.11. The van der Waals surface area contributed by atoms with Gasteiger partial charge in [-0.25, -0.2) is 4.39 Å². The summed E-state index contributed by atoms with van der Waals surface area (Å²) in [5.41, 5.74) is 3.64. The van der Waals surface area contributed by atoms with E-state index in [2.05, 4.69) is 45.7 Å². The van der Waals surface area contributed by atoms with Gasteiger partial charge in [0.25, 0.3) is 0 Å². The molecule has 0 unspecified atom stereocenters. The Morgan fingerprint density at radius 3 is 2.66 bits per heavy atom. The van der Waals surface area contributed by atoms with E-state index in [1.165, 1.54) is 29.4 Å². The Balaban J connectivity index is 1.47. The Morgan fingerprint density at radius 1 is 1.09 bits per heavy atom. The Morgan fingerprint density at radius 2 is 1.88 bits per heavy atom. The van der Waals surface area contributed by atoms with Gasteiger partial charge < -0.3 is 20.3 Å². The highest BCUT2D eigenvalue weighted by atomic mass is 19.1. The number of halogens is 1. The van der Waals surface area contributed by atoms with Gasteiger partial charge in [-0.3, -0.25) is 14.5 Å². The van der Waals surface area contributed by atoms with Crippen molar-refractivity contribution >= 4 is 23.2 Å². The van der Waals surface area contributed by atoms with Gasteiger partial charge in [0.05, 0.1) is 24.9 Å². The molecule has 170 valence electrons. The zero-order valence-corrected chi connectivity index (χ0v) is 18.3. The second-order valence-electron chi connectivity index (χ2n) is 8.22. The lowest BCUT2D eigenvalue weighted by atomic mass is 9.95. The van der Waals surface area contributed by atoms with Crippen molar-refractivity contribution in [1.82, 2.24) is 10.2 Å². The van der Waals surface area contributed by atoms with Crippen molar-refractivity contribution in [3.05, 3.63) is 59.4 Å². The first kappa shape index (κ1) is 22.2. The largest absolute Gasteiger partial charge is 0.379 e. The van der Waals surface area contributed by atoms with Crippen molar-refractivity contribution in [1.29, 1.82) is 0 Å². The van der Waals surface area contributed by atoms with Gasteiger partial charge >= 0.3 is 11.8 Å². The minimum absolute atomic E-state index is 0.0174. The van der Waals surface area contributed by atoms with Crippen LogP contribution in [0.25, 0.3) is 0 Å². The van der Waals surface area contributed by atoms with Crippen molar-refractivity contribution in [3.8, 4) is 0 Å². The number of benzene rings is 2. The average Bonchev–Trinajstić information content (AvgIpc) is 2.81. The highest BCUT2D eigenvalue weighted by molar-refractivity contribution is 6.39. The number of hydrogen-bond donors (Lipinski definition) is 2. The lowest BCUT2D eigenvalue weighted by Gasteiger charge is -2.36. The van der Waals surface area contributed by atoms with E-state index in [-0.39, 0.29) is 18.3 Å². The Hall–Kier alpha value is -2.97. The molecule has 2 aromatic rings. The molecule has 2 aromatic carbocycles. The fourth-order valence-electron chi connectivity index (χ4n) is 4.37. The molecule has 0 saturated carbocycles. The highest BCUT2D eigenvalue weighted by Gasteiger charge is 2.26. The van der Waals surface area contributed by atoms with Crippen LogP contribution >= 0.6 is 0 Å². The molecule has 2 aliphatic heterocycles. The maximum absolute atomic E-state index is 13.8. The Bertz CT molecular complexity index is 977. The first-order chi connectivity index (χ1) is 15.5. The van der Waals surface area contributed by atoms with Gasteiger partial charge in [-0.05, 0) is 42.2 Å². The van der Waals surface area contributed by atoms with Gasteiger partial charge in [0.1, 0.15) is 5.82 Å². The number of anilines is 2. The lowest BCUT2D eigenvalue weighted by molar-refractivity contribution is -0.136. The summed E-state index contributed by atoms with van der Waals surface area (Å²) >= 11 is 0. The van der Waals surface area contributed by atoms with E-state index in [1.54, 1.807) is 6.07 Å². The minimum atomic E-state index is -0.886. The van der Waals surface area contributed by atoms with Crippen LogP contribution in [-0.2, 0) is 20.7 Å². The van der Waals surface area contributed by atoms with Crippen molar-refractivity contribution in [2.75, 3.05) is 56.7 Å². The van der Waals surface area contributed by atoms with Crippen LogP contribution in [0.1, 0.15) is 23.6 Å². The van der Waals surface area contributed by atoms with E-state index in [4.69, 9.17) is 4.74 Å². The molecule has 32 heavy (non-hydrogen) atoms. The molecule has 0 aromatic heterocycles. The molecular formula is C24H29FN4O3. The van der Waals surface area contributed by atoms with Crippen LogP contribution < -0.4 is 15.5 Å². The van der Waals surface area contributed by atoms with Gasteiger partial charge in [0.15, 0.2) is 0 Å². The number of amides is 2. The third-order valence-electron chi connectivity index (χ3n) is 6.11. The number of carbonyl (C=O) groups excluding carboxylic acids is 2. The van der Waals surface area contributed by atoms with E-state index >= 15 is 0 Å². The van der Waals surface area contributed by atoms with Crippen molar-refractivity contribution in [3.63, 3.8) is 0 Å². The van der Waals surface area contributed by atoms with Gasteiger partial charge in [-0.1, -0.05) is 24.3 Å². The number of hydrogen-bond acceptors (Lipinski definition) is 5. The number of nitrogens with one attached hydrogen (secondary N) is 2. The normalized spacial score (nSPS) is 17.4. The third kappa shape index (κ3) is 5.08. The van der Waals surface area contributed by atoms with Crippen LogP contribution in [0.2, 0.25) is 0 Å². The van der Waals surface area contributed by atoms with E-state index in [9.17, 15) is 14.0 Å². The molecule has 4 rings (SSSR count). The van der Waals surface area contributed by atoms with Gasteiger partial charge in [0, 0.05) is 38.9 Å². The van der Waals surface area contributed by atoms with Crippen LogP contribution in [0.15, 0.2) is 42.5 Å². The van der Waals surface area contributed by atoms with Crippen molar-refractivity contribution < 1.29 is 18.7 Å². The van der Waals surface area contributed by atoms with Crippen LogP contribution in [0.4, 0.5) is 15.8 Å². The molecule has 8 heteroatoms. The predicted octanol–water partition coefficient (Wildman–Crippen LogP) is 2.34. The molecule has 1 fully saturated rings. The molecule has 2 aliphatic rings. The summed E-state index contributed by atoms with van der Waals surface area (Å²) < 4.78 is 19.3. The summed E-state index contributed by atoms with van der Waals surface area (Å²) in [5.74, 6) is -2.26. The van der Waals surface area contributed by atoms with E-state index in [0.29, 0.717) is 13.2 Å². The predicted molar refractivity (Wildman–Crippen MR) is 121 cm³/mol. The number of morpholine rings is 1. The van der Waals surface area contributed by atoms with Gasteiger partial charge in [0.2, 0.25) is 0 Å². The number of rotatable bonds is 5. The number of aryl methyl sites for hydroxylation is 1. The number of nitrogens with zero attached hydrogens (tertiary/aromatic N) is 2. The topological polar surface area (TPSA) is 73.9 Å². The molecule has 0 radical (unpaired) electrons. The molecule has 2 amide bonds. The van der Waals surface area contributed by atoms with E-state index < -0.39 is 17.6 Å². The number of carbonyl (C=O) groups is 2. The molecule has 2 N–H and O–H groups in total. The molecule has 2 heterocycles. The highest BCUT2D eigenvalue weighted by Crippen LogP contribution is 2.31. The Kier molecular flexibility index (Phi) is 7.02. The maximum atomic E-state index is 13.8. The van der Waals surface area contributed by atoms with E-state index in [1.807, 2.05) is 0 Å². The summed E-state index contributed by atoms with van der Waals surface area (Å²) in [4.78, 5) is 29.3. The average molecular weight is 441 g/mol. The summed E-state index contributed by atoms with van der Waals surface area (Å²) in [7, 11) is 2.10. The SMILES string of the molecule is CN1CCCc2cc([C@H](CNC(=O)C(=O)Nc3ccccc3F)N3CCOCC3)ccc21. The smallest absolute Gasteiger partial charge is 0.313 e. The summed E-state index contributed by atoms with van der Waals surface area (Å²) in [6.07, 6.45) is 2.14. The molecule has 1 saturated heterocycles. The van der Waals surface area contributed by atoms with Crippen LogP contribution in [0, 0.1) is 5.82 Å². The van der Waals surface area contributed by atoms with Gasteiger partial charge in [-0.15, -0.1) is 0 Å². The fourth-order valence-corrected chi connectivity index (χ4v) is 4.37. The second kappa shape index (κ2) is 10.1. The lowest BCUT2D eigenvalue weighted by Crippen LogP contribution is -2.45. The van der Waals surface area contributed by atoms with Gasteiger partial charge in [-0.2, -0.15) is 0 Å². The summed E-state index contributed by atoms with van der Waals surface area (Å²) in [6, 6.07) is 12.2. The molecule has 1 atom stereocenters. The summed E-state index contributed by atoms with van der Waals surface area (Å²) in [6.45, 7) is 4.08. The monoisotopic (exact) mass is 440 g/mol. The number of ether oxygens (including phenoxy) is 1. The fraction of sp³-hybridized carbons (Fsp3) is 0.417. The first-order valence-electron chi connectivity index (χ1n) is 11.0. The molecule has 0 spiro atoms. The molecule has 0 bridgehead atoms. The molecule has 7 nitrogen and oxygen atoms in total. The van der Waals surface area contributed by atoms with Crippen LogP contribution in [-0.4, -0.2) is 63.2 Å². The zero-order chi connectivity index (χ0) is 22.5.